The molecule has 0 radical (unpaired) electrons. The lowest BCUT2D eigenvalue weighted by Crippen LogP contribution is -2.14. The Morgan fingerprint density at radius 2 is 1.83 bits per heavy atom. The molecule has 0 fully saturated rings. The zero-order chi connectivity index (χ0) is 25.9. The summed E-state index contributed by atoms with van der Waals surface area (Å²) in [5.74, 6) is 0.362. The first kappa shape index (κ1) is 25.9. The van der Waals surface area contributed by atoms with Crippen LogP contribution in [0.2, 0.25) is 5.02 Å². The number of nitrogens with one attached hydrogen (secondary N) is 1. The van der Waals surface area contributed by atoms with Crippen LogP contribution in [0.1, 0.15) is 47.8 Å². The number of hydrogen-bond acceptors (Lipinski definition) is 3. The van der Waals surface area contributed by atoms with Crippen LogP contribution in [-0.4, -0.2) is 15.7 Å². The minimum Gasteiger partial charge on any atom is -0.489 e. The van der Waals surface area contributed by atoms with E-state index in [4.69, 9.17) is 16.3 Å². The molecule has 0 aliphatic carbocycles. The van der Waals surface area contributed by atoms with E-state index < -0.39 is 5.82 Å². The maximum absolute atomic E-state index is 14.1. The number of carbonyl (C=O) groups is 1. The van der Waals surface area contributed by atoms with Gasteiger partial charge in [-0.05, 0) is 68.9 Å². The summed E-state index contributed by atoms with van der Waals surface area (Å²) in [5, 5.41) is 7.48. The largest absolute Gasteiger partial charge is 0.489 e. The number of benzene rings is 3. The lowest BCUT2D eigenvalue weighted by molar-refractivity contribution is 0.102. The zero-order valence-electron chi connectivity index (χ0n) is 20.2. The van der Waals surface area contributed by atoms with E-state index in [1.807, 2.05) is 24.3 Å². The minimum atomic E-state index is -0.413. The fraction of sp³-hybridized carbons (Fsp3) is 0.214. The van der Waals surface area contributed by atoms with Gasteiger partial charge in [0.2, 0.25) is 0 Å². The van der Waals surface area contributed by atoms with Gasteiger partial charge >= 0.3 is 0 Å². The van der Waals surface area contributed by atoms with Crippen molar-refractivity contribution in [2.45, 2.75) is 39.3 Å². The second-order valence-corrected chi connectivity index (χ2v) is 10.7. The van der Waals surface area contributed by atoms with Gasteiger partial charge in [0.15, 0.2) is 5.82 Å². The van der Waals surface area contributed by atoms with Gasteiger partial charge in [0, 0.05) is 22.3 Å². The van der Waals surface area contributed by atoms with E-state index in [9.17, 15) is 9.18 Å². The van der Waals surface area contributed by atoms with Crippen molar-refractivity contribution in [2.24, 2.45) is 0 Å². The average molecular weight is 571 g/mol. The lowest BCUT2D eigenvalue weighted by Gasteiger charge is -2.19. The first-order chi connectivity index (χ1) is 17.1. The van der Waals surface area contributed by atoms with Crippen LogP contribution >= 0.6 is 27.5 Å². The van der Waals surface area contributed by atoms with Crippen molar-refractivity contribution in [3.05, 3.63) is 110 Å². The molecule has 186 valence electrons. The highest BCUT2D eigenvalue weighted by Gasteiger charge is 2.15. The van der Waals surface area contributed by atoms with E-state index in [1.165, 1.54) is 16.3 Å². The van der Waals surface area contributed by atoms with Crippen LogP contribution in [0.3, 0.4) is 0 Å². The Morgan fingerprint density at radius 3 is 2.53 bits per heavy atom. The molecule has 0 atom stereocenters. The molecule has 3 aromatic carbocycles. The molecule has 1 N–H and O–H groups in total. The number of hydrogen-bond donors (Lipinski definition) is 1. The third kappa shape index (κ3) is 6.33. The van der Waals surface area contributed by atoms with Gasteiger partial charge in [0.05, 0.1) is 11.0 Å². The number of ether oxygens (including phenoxy) is 1. The third-order valence-electron chi connectivity index (χ3n) is 5.65. The summed E-state index contributed by atoms with van der Waals surface area (Å²) in [6.07, 6.45) is 1.66. The van der Waals surface area contributed by atoms with E-state index in [-0.39, 0.29) is 17.9 Å². The Bertz CT molecular complexity index is 1360. The number of nitrogens with zero attached hydrogens (tertiary/aromatic N) is 2. The first-order valence-electron chi connectivity index (χ1n) is 11.4. The lowest BCUT2D eigenvalue weighted by atomic mass is 9.87. The predicted octanol–water partition coefficient (Wildman–Crippen LogP) is 7.62. The number of rotatable bonds is 7. The van der Waals surface area contributed by atoms with Gasteiger partial charge in [-0.15, -0.1) is 0 Å². The summed E-state index contributed by atoms with van der Waals surface area (Å²) in [6.45, 7) is 6.96. The van der Waals surface area contributed by atoms with Crippen LogP contribution in [0.15, 0.2) is 77.4 Å². The molecule has 4 aromatic rings. The van der Waals surface area contributed by atoms with Crippen LogP contribution in [0.5, 0.6) is 5.75 Å². The molecule has 36 heavy (non-hydrogen) atoms. The molecule has 1 aromatic heterocycles. The Labute approximate surface area is 223 Å². The average Bonchev–Trinajstić information content (AvgIpc) is 3.18. The van der Waals surface area contributed by atoms with Crippen molar-refractivity contribution < 1.29 is 13.9 Å². The van der Waals surface area contributed by atoms with Crippen LogP contribution < -0.4 is 10.1 Å². The Morgan fingerprint density at radius 1 is 1.11 bits per heavy atom. The number of anilines is 1. The summed E-state index contributed by atoms with van der Waals surface area (Å²) < 4.78 is 22.1. The Balaban J connectivity index is 1.40. The second-order valence-electron chi connectivity index (χ2n) is 9.44. The summed E-state index contributed by atoms with van der Waals surface area (Å²) in [7, 11) is 0. The van der Waals surface area contributed by atoms with Crippen molar-refractivity contribution in [3.63, 3.8) is 0 Å². The number of aromatic nitrogens is 2. The van der Waals surface area contributed by atoms with Crippen molar-refractivity contribution >= 4 is 39.3 Å². The van der Waals surface area contributed by atoms with Gasteiger partial charge in [-0.2, -0.15) is 5.10 Å². The smallest absolute Gasteiger partial charge is 0.256 e. The quantitative estimate of drug-likeness (QED) is 0.249. The second kappa shape index (κ2) is 10.8. The summed E-state index contributed by atoms with van der Waals surface area (Å²) in [5.41, 5.74) is 2.97. The van der Waals surface area contributed by atoms with Crippen molar-refractivity contribution in [1.82, 2.24) is 9.78 Å². The number of carbonyl (C=O) groups excluding carboxylic acids is 1. The highest BCUT2D eigenvalue weighted by molar-refractivity contribution is 9.10. The van der Waals surface area contributed by atoms with E-state index in [0.717, 1.165) is 11.3 Å². The molecule has 0 unspecified atom stereocenters. The summed E-state index contributed by atoms with van der Waals surface area (Å²) in [6, 6.07) is 19.8. The fourth-order valence-electron chi connectivity index (χ4n) is 3.61. The Kier molecular flexibility index (Phi) is 7.81. The monoisotopic (exact) mass is 569 g/mol. The Hall–Kier alpha value is -3.16. The molecule has 0 saturated carbocycles. The first-order valence-corrected chi connectivity index (χ1v) is 12.6. The van der Waals surface area contributed by atoms with Gasteiger partial charge in [-0.25, -0.2) is 4.39 Å². The van der Waals surface area contributed by atoms with Gasteiger partial charge < -0.3 is 10.1 Å². The molecule has 1 amide bonds. The summed E-state index contributed by atoms with van der Waals surface area (Å²) >= 11 is 9.53. The van der Waals surface area contributed by atoms with Crippen LogP contribution in [0, 0.1) is 5.82 Å². The van der Waals surface area contributed by atoms with Crippen molar-refractivity contribution in [3.8, 4) is 5.75 Å². The fourth-order valence-corrected chi connectivity index (χ4v) is 4.25. The van der Waals surface area contributed by atoms with Crippen molar-refractivity contribution in [1.29, 1.82) is 0 Å². The molecule has 0 spiro atoms. The molecule has 0 aliphatic rings. The molecular formula is C28H26BrClFN3O2. The van der Waals surface area contributed by atoms with E-state index >= 15 is 0 Å². The van der Waals surface area contributed by atoms with E-state index in [1.54, 1.807) is 30.5 Å². The highest BCUT2D eigenvalue weighted by atomic mass is 79.9. The van der Waals surface area contributed by atoms with Crippen LogP contribution in [0.25, 0.3) is 0 Å². The van der Waals surface area contributed by atoms with Gasteiger partial charge in [0.1, 0.15) is 18.2 Å². The van der Waals surface area contributed by atoms with Crippen LogP contribution in [0.4, 0.5) is 10.2 Å². The molecular weight excluding hydrogens is 545 g/mol. The normalized spacial score (nSPS) is 11.4. The molecule has 1 heterocycles. The number of halogens is 3. The predicted molar refractivity (Wildman–Crippen MR) is 144 cm³/mol. The third-order valence-corrected chi connectivity index (χ3v) is 6.58. The molecule has 0 saturated heterocycles. The number of amides is 1. The molecule has 8 heteroatoms. The van der Waals surface area contributed by atoms with Crippen LogP contribution in [-0.2, 0) is 18.6 Å². The molecule has 5 nitrogen and oxygen atoms in total. The topological polar surface area (TPSA) is 56.1 Å². The van der Waals surface area contributed by atoms with Gasteiger partial charge in [-0.3, -0.25) is 9.48 Å². The summed E-state index contributed by atoms with van der Waals surface area (Å²) in [4.78, 5) is 12.9. The maximum Gasteiger partial charge on any atom is 0.256 e. The maximum atomic E-state index is 14.1. The molecule has 4 rings (SSSR count). The minimum absolute atomic E-state index is 0.0792. The SMILES string of the molecule is CC(C)(C)c1ccc(OCc2cccc(C(=O)Nc3nn(Cc4c(F)cccc4Cl)cc3Br)c2)cc1. The highest BCUT2D eigenvalue weighted by Crippen LogP contribution is 2.26. The zero-order valence-corrected chi connectivity index (χ0v) is 22.5. The van der Waals surface area contributed by atoms with Gasteiger partial charge in [0.25, 0.3) is 5.91 Å². The standard InChI is InChI=1S/C28H26BrClFN3O2/c1-28(2,3)20-10-12-21(13-11-20)36-17-18-6-4-7-19(14-18)27(35)32-26-23(29)16-34(33-26)15-22-24(30)8-5-9-25(22)31/h4-14,16H,15,17H2,1-3H3,(H,32,33,35). The van der Waals surface area contributed by atoms with Crippen molar-refractivity contribution in [2.75, 3.05) is 5.32 Å². The van der Waals surface area contributed by atoms with E-state index in [2.05, 4.69) is 59.2 Å². The van der Waals surface area contributed by atoms with Gasteiger partial charge in [-0.1, -0.05) is 62.7 Å². The van der Waals surface area contributed by atoms with E-state index in [0.29, 0.717) is 33.0 Å². The molecule has 0 aliphatic heterocycles. The molecule has 0 bridgehead atoms.